The highest BCUT2D eigenvalue weighted by Crippen LogP contribution is 2.17. The Hall–Kier alpha value is -0.860. The number of carbonyl (C=O) groups excluding carboxylic acids is 1. The fourth-order valence-electron chi connectivity index (χ4n) is 1.69. The van der Waals surface area contributed by atoms with Crippen molar-refractivity contribution < 1.29 is 26.9 Å². The van der Waals surface area contributed by atoms with Crippen molar-refractivity contribution in [2.24, 2.45) is 0 Å². The van der Waals surface area contributed by atoms with E-state index in [0.29, 0.717) is 6.61 Å². The van der Waals surface area contributed by atoms with Gasteiger partial charge in [0.25, 0.3) is 10.1 Å². The molecular formula is C12H23NO6S. The van der Waals surface area contributed by atoms with Gasteiger partial charge in [-0.2, -0.15) is 8.42 Å². The molecule has 8 heteroatoms. The molecule has 1 aliphatic heterocycles. The normalized spacial score (nSPS) is 24.6. The van der Waals surface area contributed by atoms with Crippen LogP contribution in [0.1, 0.15) is 27.7 Å². The number of hydrogen-bond donors (Lipinski definition) is 0. The lowest BCUT2D eigenvalue weighted by Gasteiger charge is -2.38. The van der Waals surface area contributed by atoms with E-state index in [1.807, 2.05) is 6.92 Å². The summed E-state index contributed by atoms with van der Waals surface area (Å²) in [5.74, 6) is 0. The van der Waals surface area contributed by atoms with E-state index in [4.69, 9.17) is 13.7 Å². The first-order valence-corrected chi connectivity index (χ1v) is 8.25. The van der Waals surface area contributed by atoms with Crippen molar-refractivity contribution in [2.75, 3.05) is 26.0 Å². The van der Waals surface area contributed by atoms with Crippen LogP contribution in [-0.4, -0.2) is 63.2 Å². The molecule has 20 heavy (non-hydrogen) atoms. The number of morpholine rings is 1. The second kappa shape index (κ2) is 6.28. The molecular weight excluding hydrogens is 286 g/mol. The molecule has 0 unspecified atom stereocenters. The minimum atomic E-state index is -3.52. The highest BCUT2D eigenvalue weighted by Gasteiger charge is 2.33. The third-order valence-electron chi connectivity index (χ3n) is 2.60. The van der Waals surface area contributed by atoms with Crippen molar-refractivity contribution in [3.63, 3.8) is 0 Å². The molecule has 1 aliphatic rings. The number of nitrogens with zero attached hydrogens (tertiary/aromatic N) is 1. The van der Waals surface area contributed by atoms with Gasteiger partial charge in [-0.15, -0.1) is 0 Å². The maximum atomic E-state index is 12.1. The number of rotatable bonds is 3. The smallest absolute Gasteiger partial charge is 0.410 e. The molecule has 118 valence electrons. The molecule has 1 rings (SSSR count). The van der Waals surface area contributed by atoms with E-state index in [0.717, 1.165) is 6.26 Å². The molecule has 0 N–H and O–H groups in total. The number of carbonyl (C=O) groups is 1. The average Bonchev–Trinajstić information content (AvgIpc) is 2.24. The van der Waals surface area contributed by atoms with E-state index in [2.05, 4.69) is 0 Å². The van der Waals surface area contributed by atoms with Gasteiger partial charge in [0.05, 0.1) is 32.1 Å². The van der Waals surface area contributed by atoms with Crippen LogP contribution in [-0.2, 0) is 23.8 Å². The van der Waals surface area contributed by atoms with Crippen LogP contribution in [0.25, 0.3) is 0 Å². The molecule has 0 aromatic heterocycles. The van der Waals surface area contributed by atoms with Crippen LogP contribution in [0.3, 0.4) is 0 Å². The average molecular weight is 309 g/mol. The van der Waals surface area contributed by atoms with Crippen molar-refractivity contribution >= 4 is 16.2 Å². The van der Waals surface area contributed by atoms with Crippen LogP contribution in [0.15, 0.2) is 0 Å². The Morgan fingerprint density at radius 2 is 2.00 bits per heavy atom. The van der Waals surface area contributed by atoms with Gasteiger partial charge < -0.3 is 14.4 Å². The fraction of sp³-hybridized carbons (Fsp3) is 0.917. The minimum absolute atomic E-state index is 0.106. The Labute approximate surface area is 120 Å². The lowest BCUT2D eigenvalue weighted by molar-refractivity contribution is -0.0767. The van der Waals surface area contributed by atoms with E-state index >= 15 is 0 Å². The van der Waals surface area contributed by atoms with Crippen LogP contribution >= 0.6 is 0 Å². The largest absolute Gasteiger partial charge is 0.444 e. The van der Waals surface area contributed by atoms with Gasteiger partial charge in [-0.3, -0.25) is 4.18 Å². The fourth-order valence-corrected chi connectivity index (χ4v) is 2.09. The van der Waals surface area contributed by atoms with Crippen LogP contribution in [0.4, 0.5) is 4.79 Å². The third-order valence-corrected chi connectivity index (χ3v) is 3.17. The first-order chi connectivity index (χ1) is 8.98. The van der Waals surface area contributed by atoms with Crippen LogP contribution in [0.5, 0.6) is 0 Å². The van der Waals surface area contributed by atoms with Crippen molar-refractivity contribution in [3.05, 3.63) is 0 Å². The Morgan fingerprint density at radius 1 is 1.40 bits per heavy atom. The Bertz CT molecular complexity index is 441. The molecule has 0 aromatic carbocycles. The highest BCUT2D eigenvalue weighted by molar-refractivity contribution is 7.85. The van der Waals surface area contributed by atoms with Gasteiger partial charge in [0.15, 0.2) is 0 Å². The highest BCUT2D eigenvalue weighted by atomic mass is 32.2. The van der Waals surface area contributed by atoms with E-state index in [-0.39, 0.29) is 19.2 Å². The second-order valence-electron chi connectivity index (χ2n) is 5.93. The topological polar surface area (TPSA) is 82.1 Å². The second-order valence-corrected chi connectivity index (χ2v) is 7.57. The standard InChI is InChI=1S/C12H23NO6S/c1-9-7-17-10(8-18-20(5,15)16)6-13(9)11(14)19-12(2,3)4/h9-10H,6-8H2,1-5H3/t9-,10+/m1/s1. The first kappa shape index (κ1) is 17.2. The van der Waals surface area contributed by atoms with Gasteiger partial charge >= 0.3 is 6.09 Å². The Kier molecular flexibility index (Phi) is 5.39. The summed E-state index contributed by atoms with van der Waals surface area (Å²) in [6.45, 7) is 7.67. The van der Waals surface area contributed by atoms with E-state index in [1.165, 1.54) is 4.90 Å². The summed E-state index contributed by atoms with van der Waals surface area (Å²) in [6, 6.07) is -0.126. The van der Waals surface area contributed by atoms with Gasteiger partial charge in [-0.1, -0.05) is 0 Å². The van der Waals surface area contributed by atoms with E-state index < -0.39 is 27.9 Å². The molecule has 0 radical (unpaired) electrons. The van der Waals surface area contributed by atoms with Gasteiger partial charge in [0, 0.05) is 0 Å². The summed E-state index contributed by atoms with van der Waals surface area (Å²) in [6.07, 6.45) is 0.0653. The van der Waals surface area contributed by atoms with E-state index in [9.17, 15) is 13.2 Å². The zero-order valence-electron chi connectivity index (χ0n) is 12.6. The number of ether oxygens (including phenoxy) is 2. The molecule has 0 aliphatic carbocycles. The molecule has 1 heterocycles. The molecule has 1 saturated heterocycles. The zero-order chi connectivity index (χ0) is 15.6. The molecule has 2 atom stereocenters. The first-order valence-electron chi connectivity index (χ1n) is 6.43. The maximum Gasteiger partial charge on any atom is 0.410 e. The molecule has 0 bridgehead atoms. The van der Waals surface area contributed by atoms with E-state index in [1.54, 1.807) is 20.8 Å². The van der Waals surface area contributed by atoms with Crippen LogP contribution < -0.4 is 0 Å². The molecule has 1 amide bonds. The molecule has 0 aromatic rings. The van der Waals surface area contributed by atoms with Crippen molar-refractivity contribution in [1.82, 2.24) is 4.90 Å². The van der Waals surface area contributed by atoms with Crippen molar-refractivity contribution in [1.29, 1.82) is 0 Å². The number of hydrogen-bond acceptors (Lipinski definition) is 6. The predicted octanol–water partition coefficient (Wildman–Crippen LogP) is 0.987. The molecule has 0 spiro atoms. The molecule has 1 fully saturated rings. The quantitative estimate of drug-likeness (QED) is 0.723. The van der Waals surface area contributed by atoms with Crippen LogP contribution in [0.2, 0.25) is 0 Å². The van der Waals surface area contributed by atoms with Gasteiger partial charge in [-0.05, 0) is 27.7 Å². The third kappa shape index (κ3) is 6.06. The van der Waals surface area contributed by atoms with Crippen molar-refractivity contribution in [3.8, 4) is 0 Å². The minimum Gasteiger partial charge on any atom is -0.444 e. The lowest BCUT2D eigenvalue weighted by Crippen LogP contribution is -2.53. The Balaban J connectivity index is 2.60. The maximum absolute atomic E-state index is 12.1. The summed E-state index contributed by atoms with van der Waals surface area (Å²) in [5, 5.41) is 0. The summed E-state index contributed by atoms with van der Waals surface area (Å²) in [4.78, 5) is 13.6. The summed E-state index contributed by atoms with van der Waals surface area (Å²) in [5.41, 5.74) is -0.576. The SMILES string of the molecule is C[C@@H]1CO[C@H](COS(C)(=O)=O)CN1C(=O)OC(C)(C)C. The molecule has 0 saturated carbocycles. The number of amides is 1. The van der Waals surface area contributed by atoms with Gasteiger partial charge in [0.2, 0.25) is 0 Å². The predicted molar refractivity (Wildman–Crippen MR) is 72.9 cm³/mol. The van der Waals surface area contributed by atoms with Gasteiger partial charge in [-0.25, -0.2) is 4.79 Å². The summed E-state index contributed by atoms with van der Waals surface area (Å²) >= 11 is 0. The lowest BCUT2D eigenvalue weighted by atomic mass is 10.2. The zero-order valence-corrected chi connectivity index (χ0v) is 13.4. The van der Waals surface area contributed by atoms with Crippen molar-refractivity contribution in [2.45, 2.75) is 45.4 Å². The monoisotopic (exact) mass is 309 g/mol. The summed E-state index contributed by atoms with van der Waals surface area (Å²) < 4.78 is 37.4. The van der Waals surface area contributed by atoms with Gasteiger partial charge in [0.1, 0.15) is 11.7 Å². The summed E-state index contributed by atoms with van der Waals surface area (Å²) in [7, 11) is -3.52. The molecule has 7 nitrogen and oxygen atoms in total. The van der Waals surface area contributed by atoms with Crippen LogP contribution in [0, 0.1) is 0 Å². The Morgan fingerprint density at radius 3 is 2.50 bits per heavy atom.